The summed E-state index contributed by atoms with van der Waals surface area (Å²) in [5, 5.41) is 38.8. The summed E-state index contributed by atoms with van der Waals surface area (Å²) in [5.41, 5.74) is 0.909. The number of ether oxygens (including phenoxy) is 1. The molecule has 3 aromatic heterocycles. The van der Waals surface area contributed by atoms with Gasteiger partial charge in [-0.15, -0.1) is 0 Å². The summed E-state index contributed by atoms with van der Waals surface area (Å²) in [6, 6.07) is 3.80. The second kappa shape index (κ2) is 9.25. The van der Waals surface area contributed by atoms with Gasteiger partial charge in [0.25, 0.3) is 5.88 Å². The molecule has 0 spiro atoms. The topological polar surface area (TPSA) is 146 Å². The van der Waals surface area contributed by atoms with Crippen LogP contribution in [0.15, 0.2) is 16.5 Å². The van der Waals surface area contributed by atoms with Crippen LogP contribution in [0, 0.1) is 25.7 Å². The lowest BCUT2D eigenvalue weighted by Gasteiger charge is -2.31. The Morgan fingerprint density at radius 1 is 1.17 bits per heavy atom. The van der Waals surface area contributed by atoms with Crippen LogP contribution in [0.2, 0.25) is 0 Å². The van der Waals surface area contributed by atoms with Crippen LogP contribution in [0.25, 0.3) is 22.3 Å². The van der Waals surface area contributed by atoms with Gasteiger partial charge in [-0.3, -0.25) is 0 Å². The Balaban J connectivity index is 1.58. The fourth-order valence-electron chi connectivity index (χ4n) is 4.73. The van der Waals surface area contributed by atoms with Gasteiger partial charge in [-0.05, 0) is 64.5 Å². The van der Waals surface area contributed by atoms with Crippen molar-refractivity contribution in [3.8, 4) is 17.2 Å². The van der Waals surface area contributed by atoms with Crippen LogP contribution >= 0.6 is 0 Å². The van der Waals surface area contributed by atoms with Gasteiger partial charge < -0.3 is 35.1 Å². The van der Waals surface area contributed by atoms with Crippen molar-refractivity contribution in [2.45, 2.75) is 58.3 Å². The van der Waals surface area contributed by atoms with E-state index < -0.39 is 17.7 Å². The van der Waals surface area contributed by atoms with E-state index in [1.165, 1.54) is 12.8 Å². The molecule has 2 aliphatic rings. The third-order valence-corrected chi connectivity index (χ3v) is 6.86. The molecular weight excluding hydrogens is 450 g/mol. The van der Waals surface area contributed by atoms with Crippen molar-refractivity contribution >= 4 is 22.7 Å². The van der Waals surface area contributed by atoms with Gasteiger partial charge in [0.1, 0.15) is 17.7 Å². The Morgan fingerprint density at radius 2 is 1.97 bits per heavy atom. The Morgan fingerprint density at radius 3 is 2.66 bits per heavy atom. The number of rotatable bonds is 9. The molecule has 5 rings (SSSR count). The molecule has 0 aliphatic heterocycles. The molecule has 0 amide bonds. The zero-order chi connectivity index (χ0) is 24.7. The Bertz CT molecular complexity index is 1230. The van der Waals surface area contributed by atoms with Gasteiger partial charge in [0.15, 0.2) is 11.3 Å². The van der Waals surface area contributed by atoms with Crippen molar-refractivity contribution in [2.75, 3.05) is 30.4 Å². The largest absolute Gasteiger partial charge is 0.475 e. The summed E-state index contributed by atoms with van der Waals surface area (Å²) in [6.07, 6.45) is 1.99. The standard InChI is InChI=1S/C25H33N5O5/c1-4-34-23-20-17(9-13(2)27-23)10-18(35-20)19-14(3)28-24(26-11-15-5-6-15)29-22(19)30-25(33)8-7-16(12-31)21(25)32/h9-10,15-16,21,31-33H,4-8,11-12H2,1-3H3,(H2,26,28,29,30). The highest BCUT2D eigenvalue weighted by Gasteiger charge is 2.47. The number of aliphatic hydroxyl groups excluding tert-OH is 2. The van der Waals surface area contributed by atoms with Crippen LogP contribution < -0.4 is 15.4 Å². The molecule has 188 valence electrons. The van der Waals surface area contributed by atoms with Gasteiger partial charge in [-0.1, -0.05) is 0 Å². The summed E-state index contributed by atoms with van der Waals surface area (Å²) < 4.78 is 11.9. The van der Waals surface area contributed by atoms with Crippen LogP contribution in [0.1, 0.15) is 44.0 Å². The van der Waals surface area contributed by atoms with Crippen LogP contribution in [0.5, 0.6) is 5.88 Å². The zero-order valence-corrected chi connectivity index (χ0v) is 20.3. The number of hydrogen-bond acceptors (Lipinski definition) is 10. The third kappa shape index (κ3) is 4.65. The molecule has 2 aliphatic carbocycles. The number of anilines is 2. The molecule has 10 nitrogen and oxygen atoms in total. The molecule has 3 unspecified atom stereocenters. The van der Waals surface area contributed by atoms with E-state index in [1.807, 2.05) is 32.9 Å². The lowest BCUT2D eigenvalue weighted by molar-refractivity contribution is -0.0545. The zero-order valence-electron chi connectivity index (χ0n) is 20.3. The molecule has 0 bridgehead atoms. The number of hydrogen-bond donors (Lipinski definition) is 5. The minimum Gasteiger partial charge on any atom is -0.475 e. The number of aliphatic hydroxyl groups is 3. The average Bonchev–Trinajstić information content (AvgIpc) is 3.48. The van der Waals surface area contributed by atoms with E-state index >= 15 is 0 Å². The maximum Gasteiger partial charge on any atom is 0.258 e. The van der Waals surface area contributed by atoms with Crippen molar-refractivity contribution in [1.82, 2.24) is 15.0 Å². The number of fused-ring (bicyclic) bond motifs is 1. The SMILES string of the molecule is CCOc1nc(C)cc2cc(-c3c(C)nc(NCC4CC4)nc3NC3(O)CCC(CO)C3O)oc12. The fourth-order valence-corrected chi connectivity index (χ4v) is 4.73. The maximum absolute atomic E-state index is 11.3. The molecule has 3 heterocycles. The summed E-state index contributed by atoms with van der Waals surface area (Å²) in [6.45, 7) is 6.67. The van der Waals surface area contributed by atoms with Crippen LogP contribution in [-0.2, 0) is 0 Å². The Hall–Kier alpha value is -2.95. The van der Waals surface area contributed by atoms with E-state index in [-0.39, 0.29) is 13.0 Å². The molecule has 0 aromatic carbocycles. The Kier molecular flexibility index (Phi) is 6.29. The number of pyridine rings is 1. The molecule has 3 atom stereocenters. The van der Waals surface area contributed by atoms with Crippen molar-refractivity contribution in [3.63, 3.8) is 0 Å². The maximum atomic E-state index is 11.3. The molecule has 2 saturated carbocycles. The predicted octanol–water partition coefficient (Wildman–Crippen LogP) is 2.99. The molecule has 0 saturated heterocycles. The molecular formula is C25H33N5O5. The van der Waals surface area contributed by atoms with Gasteiger partial charge in [0, 0.05) is 30.1 Å². The number of furan rings is 1. The number of aryl methyl sites for hydroxylation is 2. The van der Waals surface area contributed by atoms with E-state index in [2.05, 4.69) is 25.6 Å². The fraction of sp³-hybridized carbons (Fsp3) is 0.560. The second-order valence-electron chi connectivity index (χ2n) is 9.69. The van der Waals surface area contributed by atoms with Crippen molar-refractivity contribution in [3.05, 3.63) is 23.5 Å². The number of nitrogens with zero attached hydrogens (tertiary/aromatic N) is 3. The lowest BCUT2D eigenvalue weighted by Crippen LogP contribution is -2.48. The molecule has 5 N–H and O–H groups in total. The lowest BCUT2D eigenvalue weighted by atomic mass is 10.0. The van der Waals surface area contributed by atoms with Crippen LogP contribution in [-0.4, -0.2) is 61.9 Å². The van der Waals surface area contributed by atoms with Crippen LogP contribution in [0.4, 0.5) is 11.8 Å². The van der Waals surface area contributed by atoms with Gasteiger partial charge in [-0.25, -0.2) is 9.97 Å². The summed E-state index contributed by atoms with van der Waals surface area (Å²) in [7, 11) is 0. The normalized spacial score (nSPS) is 24.2. The first-order valence-corrected chi connectivity index (χ1v) is 12.3. The highest BCUT2D eigenvalue weighted by atomic mass is 16.5. The first kappa shape index (κ1) is 23.8. The van der Waals surface area contributed by atoms with Gasteiger partial charge in [0.2, 0.25) is 5.95 Å². The highest BCUT2D eigenvalue weighted by molar-refractivity contribution is 5.89. The summed E-state index contributed by atoms with van der Waals surface area (Å²) in [5.74, 6) is 1.92. The van der Waals surface area contributed by atoms with E-state index in [0.717, 1.165) is 17.6 Å². The van der Waals surface area contributed by atoms with Gasteiger partial charge >= 0.3 is 0 Å². The summed E-state index contributed by atoms with van der Waals surface area (Å²) >= 11 is 0. The van der Waals surface area contributed by atoms with Crippen molar-refractivity contribution in [1.29, 1.82) is 0 Å². The first-order chi connectivity index (χ1) is 16.8. The van der Waals surface area contributed by atoms with Gasteiger partial charge in [-0.2, -0.15) is 4.98 Å². The molecule has 0 radical (unpaired) electrons. The van der Waals surface area contributed by atoms with Crippen molar-refractivity contribution < 1.29 is 24.5 Å². The third-order valence-electron chi connectivity index (χ3n) is 6.86. The first-order valence-electron chi connectivity index (χ1n) is 12.3. The number of nitrogens with one attached hydrogen (secondary N) is 2. The van der Waals surface area contributed by atoms with Crippen LogP contribution in [0.3, 0.4) is 0 Å². The quantitative estimate of drug-likeness (QED) is 0.288. The highest BCUT2D eigenvalue weighted by Crippen LogP contribution is 2.41. The second-order valence-corrected chi connectivity index (χ2v) is 9.69. The minimum atomic E-state index is -1.64. The minimum absolute atomic E-state index is 0.203. The van der Waals surface area contributed by atoms with E-state index in [4.69, 9.17) is 9.15 Å². The average molecular weight is 484 g/mol. The molecule has 3 aromatic rings. The molecule has 35 heavy (non-hydrogen) atoms. The predicted molar refractivity (Wildman–Crippen MR) is 131 cm³/mol. The van der Waals surface area contributed by atoms with Gasteiger partial charge in [0.05, 0.1) is 17.9 Å². The Labute approximate surface area is 203 Å². The molecule has 2 fully saturated rings. The smallest absolute Gasteiger partial charge is 0.258 e. The van der Waals surface area contributed by atoms with E-state index in [1.54, 1.807) is 0 Å². The number of aromatic nitrogens is 3. The van der Waals surface area contributed by atoms with E-state index in [0.29, 0.717) is 59.2 Å². The van der Waals surface area contributed by atoms with E-state index in [9.17, 15) is 15.3 Å². The van der Waals surface area contributed by atoms with Crippen molar-refractivity contribution in [2.24, 2.45) is 11.8 Å². The molecule has 10 heteroatoms. The monoisotopic (exact) mass is 483 g/mol. The summed E-state index contributed by atoms with van der Waals surface area (Å²) in [4.78, 5) is 13.8.